The quantitative estimate of drug-likeness (QED) is 0.0169. The molecule has 0 aromatic heterocycles. The van der Waals surface area contributed by atoms with E-state index >= 15 is 0 Å². The molecular formula is C81H144O17P2. The molecule has 0 radical (unpaired) electrons. The summed E-state index contributed by atoms with van der Waals surface area (Å²) in [6, 6.07) is 0. The molecule has 0 fully saturated rings. The van der Waals surface area contributed by atoms with Crippen molar-refractivity contribution in [2.24, 2.45) is 0 Å². The number of carbonyl (C=O) groups excluding carboxylic acids is 4. The van der Waals surface area contributed by atoms with E-state index in [0.717, 1.165) is 161 Å². The zero-order valence-corrected chi connectivity index (χ0v) is 65.2. The van der Waals surface area contributed by atoms with Crippen LogP contribution in [0.25, 0.3) is 0 Å². The lowest BCUT2D eigenvalue weighted by Crippen LogP contribution is -2.30. The largest absolute Gasteiger partial charge is 0.472 e. The highest BCUT2D eigenvalue weighted by Crippen LogP contribution is 2.45. The van der Waals surface area contributed by atoms with E-state index < -0.39 is 97.5 Å². The number of aliphatic hydroxyl groups excluding tert-OH is 1. The van der Waals surface area contributed by atoms with Crippen LogP contribution in [0.1, 0.15) is 349 Å². The first-order valence-corrected chi connectivity index (χ1v) is 42.8. The summed E-state index contributed by atoms with van der Waals surface area (Å²) in [6.45, 7) is 4.72. The molecule has 3 N–H and O–H groups in total. The number of rotatable bonds is 75. The average molecular weight is 1450 g/mol. The first kappa shape index (κ1) is 96.2. The molecule has 5 unspecified atom stereocenters. The van der Waals surface area contributed by atoms with Crippen LogP contribution in [0, 0.1) is 0 Å². The molecule has 0 aliphatic rings. The summed E-state index contributed by atoms with van der Waals surface area (Å²) < 4.78 is 68.6. The van der Waals surface area contributed by atoms with Gasteiger partial charge in [0.2, 0.25) is 0 Å². The van der Waals surface area contributed by atoms with E-state index in [2.05, 4.69) is 113 Å². The predicted molar refractivity (Wildman–Crippen MR) is 409 cm³/mol. The summed E-state index contributed by atoms with van der Waals surface area (Å²) in [7, 11) is -9.96. The molecule has 100 heavy (non-hydrogen) atoms. The number of allylic oxidation sites excluding steroid dienone is 14. The van der Waals surface area contributed by atoms with Gasteiger partial charge in [-0.1, -0.05) is 286 Å². The van der Waals surface area contributed by atoms with Gasteiger partial charge in [-0.2, -0.15) is 0 Å². The number of unbranched alkanes of at least 4 members (excludes halogenated alkanes) is 35. The molecule has 0 saturated carbocycles. The zero-order chi connectivity index (χ0) is 73.2. The van der Waals surface area contributed by atoms with Crippen molar-refractivity contribution in [3.05, 3.63) is 85.1 Å². The average Bonchev–Trinajstić information content (AvgIpc) is 1.06. The summed E-state index contributed by atoms with van der Waals surface area (Å²) >= 11 is 0. The Morgan fingerprint density at radius 2 is 0.520 bits per heavy atom. The molecule has 0 heterocycles. The lowest BCUT2D eigenvalue weighted by Gasteiger charge is -2.21. The molecule has 0 aliphatic heterocycles. The highest BCUT2D eigenvalue weighted by molar-refractivity contribution is 7.47. The molecule has 0 rings (SSSR count). The van der Waals surface area contributed by atoms with Gasteiger partial charge in [-0.3, -0.25) is 37.3 Å². The van der Waals surface area contributed by atoms with Crippen LogP contribution in [0.3, 0.4) is 0 Å². The van der Waals surface area contributed by atoms with Crippen LogP contribution in [0.5, 0.6) is 0 Å². The fourth-order valence-electron chi connectivity index (χ4n) is 10.8. The molecule has 17 nitrogen and oxygen atoms in total. The SMILES string of the molecule is CC/C=C\C/C=C\C/C=C\C/C=C\CCCCCCC(=O)OCC(COP(=O)(O)OCC(O)COP(=O)(O)OCC(COC(=O)CCCCCCC/C=C\C/C=C\CCCCC)OC(=O)CCCCCCC/C=C\CCCCCC)OC(=O)CCCCCCCCCCCCCCCCC. The lowest BCUT2D eigenvalue weighted by molar-refractivity contribution is -0.161. The molecule has 0 aliphatic carbocycles. The Kier molecular flexibility index (Phi) is 70.8. The summed E-state index contributed by atoms with van der Waals surface area (Å²) in [5.41, 5.74) is 0. The summed E-state index contributed by atoms with van der Waals surface area (Å²) in [5.74, 6) is -2.20. The number of esters is 4. The van der Waals surface area contributed by atoms with Crippen LogP contribution in [0.15, 0.2) is 85.1 Å². The second-order valence-corrected chi connectivity index (χ2v) is 29.5. The van der Waals surface area contributed by atoms with Gasteiger partial charge in [-0.15, -0.1) is 0 Å². The van der Waals surface area contributed by atoms with Gasteiger partial charge in [0, 0.05) is 25.7 Å². The van der Waals surface area contributed by atoms with Crippen molar-refractivity contribution >= 4 is 39.5 Å². The van der Waals surface area contributed by atoms with E-state index in [-0.39, 0.29) is 25.7 Å². The fraction of sp³-hybridized carbons (Fsp3) is 0.778. The van der Waals surface area contributed by atoms with E-state index in [9.17, 15) is 43.2 Å². The maximum Gasteiger partial charge on any atom is 0.472 e. The van der Waals surface area contributed by atoms with Gasteiger partial charge in [0.25, 0.3) is 0 Å². The minimum absolute atomic E-state index is 0.0835. The Morgan fingerprint density at radius 3 is 0.840 bits per heavy atom. The van der Waals surface area contributed by atoms with Crippen LogP contribution in [-0.4, -0.2) is 96.7 Å². The molecule has 0 aromatic carbocycles. The molecular weight excluding hydrogens is 1310 g/mol. The topological polar surface area (TPSA) is 237 Å². The van der Waals surface area contributed by atoms with Crippen molar-refractivity contribution in [1.82, 2.24) is 0 Å². The summed E-state index contributed by atoms with van der Waals surface area (Å²) in [5, 5.41) is 10.6. The second kappa shape index (κ2) is 73.5. The van der Waals surface area contributed by atoms with Crippen molar-refractivity contribution < 1.29 is 80.2 Å². The second-order valence-electron chi connectivity index (χ2n) is 26.6. The predicted octanol–water partition coefficient (Wildman–Crippen LogP) is 23.0. The molecule has 0 aromatic rings. The highest BCUT2D eigenvalue weighted by Gasteiger charge is 2.30. The Balaban J connectivity index is 5.36. The Morgan fingerprint density at radius 1 is 0.290 bits per heavy atom. The van der Waals surface area contributed by atoms with Crippen molar-refractivity contribution in [2.45, 2.75) is 367 Å². The van der Waals surface area contributed by atoms with Gasteiger partial charge in [-0.25, -0.2) is 9.13 Å². The Hall–Kier alpha value is -3.76. The third-order valence-electron chi connectivity index (χ3n) is 16.8. The van der Waals surface area contributed by atoms with E-state index in [4.69, 9.17) is 37.0 Å². The maximum absolute atomic E-state index is 13.1. The van der Waals surface area contributed by atoms with Gasteiger partial charge in [0.1, 0.15) is 19.3 Å². The van der Waals surface area contributed by atoms with Gasteiger partial charge in [0.15, 0.2) is 12.2 Å². The minimum Gasteiger partial charge on any atom is -0.462 e. The van der Waals surface area contributed by atoms with Crippen molar-refractivity contribution in [3.63, 3.8) is 0 Å². The number of carbonyl (C=O) groups is 4. The molecule has 0 bridgehead atoms. The number of aliphatic hydroxyl groups is 1. The van der Waals surface area contributed by atoms with E-state index in [1.807, 2.05) is 0 Å². The molecule has 0 spiro atoms. The normalized spacial score (nSPS) is 14.3. The number of phosphoric ester groups is 2. The van der Waals surface area contributed by atoms with E-state index in [1.54, 1.807) is 0 Å². The maximum atomic E-state index is 13.1. The number of phosphoric acid groups is 2. The van der Waals surface area contributed by atoms with Crippen molar-refractivity contribution in [1.29, 1.82) is 0 Å². The Bertz CT molecular complexity index is 2230. The Labute approximate surface area is 608 Å². The van der Waals surface area contributed by atoms with Crippen LogP contribution >= 0.6 is 15.6 Å². The van der Waals surface area contributed by atoms with Gasteiger partial charge in [0.05, 0.1) is 26.4 Å². The zero-order valence-electron chi connectivity index (χ0n) is 63.4. The van der Waals surface area contributed by atoms with Crippen LogP contribution in [0.4, 0.5) is 0 Å². The standard InChI is InChI=1S/C81H144O17P2/c1-5-9-13-17-21-25-29-33-36-37-40-43-46-50-54-58-62-66-79(84)92-72-77(98-81(86)68-64-60-56-52-48-44-39-35-31-27-23-19-15-11-7-3)74-96-100(89,90)94-70-75(82)69-93-99(87,88)95-73-76(97-80(85)67-63-59-55-51-47-41-32-28-24-20-16-12-8-4)71-91-78(83)65-61-57-53-49-45-42-38-34-30-26-22-18-14-10-6-2/h9,13,21-22,25-26,28,32-34,36,38,40,43,75-77,82H,5-8,10-12,14-20,23-24,27,29-31,35,37,39,41-42,44-74H2,1-4H3,(H,87,88)(H,89,90)/b13-9-,25-21-,26-22-,32-28-,36-33-,38-34-,43-40-. The molecule has 580 valence electrons. The number of hydrogen-bond acceptors (Lipinski definition) is 15. The van der Waals surface area contributed by atoms with E-state index in [0.29, 0.717) is 25.7 Å². The first-order chi connectivity index (χ1) is 48.7. The third kappa shape index (κ3) is 72.6. The summed E-state index contributed by atoms with van der Waals surface area (Å²) in [6.07, 6.45) is 75.6. The number of hydrogen-bond donors (Lipinski definition) is 3. The smallest absolute Gasteiger partial charge is 0.462 e. The molecule has 0 amide bonds. The third-order valence-corrected chi connectivity index (χ3v) is 18.7. The van der Waals surface area contributed by atoms with Crippen molar-refractivity contribution in [2.75, 3.05) is 39.6 Å². The molecule has 0 saturated heterocycles. The molecule has 5 atom stereocenters. The summed E-state index contributed by atoms with van der Waals surface area (Å²) in [4.78, 5) is 73.0. The monoisotopic (exact) mass is 1450 g/mol. The van der Waals surface area contributed by atoms with Crippen molar-refractivity contribution in [3.8, 4) is 0 Å². The van der Waals surface area contributed by atoms with Gasteiger partial charge < -0.3 is 33.8 Å². The molecule has 19 heteroatoms. The lowest BCUT2D eigenvalue weighted by atomic mass is 10.0. The van der Waals surface area contributed by atoms with Crippen LogP contribution in [0.2, 0.25) is 0 Å². The van der Waals surface area contributed by atoms with Crippen LogP contribution < -0.4 is 0 Å². The fourth-order valence-corrected chi connectivity index (χ4v) is 12.3. The van der Waals surface area contributed by atoms with Gasteiger partial charge in [-0.05, 0) is 122 Å². The van der Waals surface area contributed by atoms with Crippen LogP contribution in [-0.2, 0) is 65.4 Å². The minimum atomic E-state index is -4.98. The highest BCUT2D eigenvalue weighted by atomic mass is 31.2. The first-order valence-electron chi connectivity index (χ1n) is 39.8. The number of ether oxygens (including phenoxy) is 4. The van der Waals surface area contributed by atoms with E-state index in [1.165, 1.54) is 109 Å². The van der Waals surface area contributed by atoms with Gasteiger partial charge >= 0.3 is 39.5 Å².